The first-order valence-corrected chi connectivity index (χ1v) is 9.66. The van der Waals surface area contributed by atoms with E-state index in [1.54, 1.807) is 24.3 Å². The van der Waals surface area contributed by atoms with Crippen molar-refractivity contribution in [2.45, 2.75) is 19.4 Å². The van der Waals surface area contributed by atoms with E-state index in [0.717, 1.165) is 10.5 Å². The predicted octanol–water partition coefficient (Wildman–Crippen LogP) is 3.13. The molecule has 0 unspecified atom stereocenters. The zero-order valence-electron chi connectivity index (χ0n) is 17.3. The third-order valence-electron chi connectivity index (χ3n) is 4.91. The first-order chi connectivity index (χ1) is 14.8. The van der Waals surface area contributed by atoms with Gasteiger partial charge in [0.05, 0.1) is 24.8 Å². The number of hydrogen-bond donors (Lipinski definition) is 1. The number of rotatable bonds is 7. The summed E-state index contributed by atoms with van der Waals surface area (Å²) in [5, 5.41) is 2.69. The van der Waals surface area contributed by atoms with Crippen LogP contribution in [0.2, 0.25) is 0 Å². The number of ether oxygens (including phenoxy) is 1. The van der Waals surface area contributed by atoms with Crippen molar-refractivity contribution < 1.29 is 23.9 Å². The quantitative estimate of drug-likeness (QED) is 0.421. The smallest absolute Gasteiger partial charge is 0.337 e. The Bertz CT molecular complexity index is 1010. The molecule has 4 amide bonds. The SMILES string of the molecule is C=CCN1C(=O)N(c2ccc(C)cc2)C(=O)[C@@H]1CC(=O)Nc1ccc(C(=O)OC)cc1. The lowest BCUT2D eigenvalue weighted by Gasteiger charge is -2.19. The van der Waals surface area contributed by atoms with Gasteiger partial charge in [0.2, 0.25) is 5.91 Å². The van der Waals surface area contributed by atoms with E-state index in [1.807, 2.05) is 19.1 Å². The molecule has 0 bridgehead atoms. The maximum absolute atomic E-state index is 13.0. The average molecular weight is 421 g/mol. The molecular formula is C23H23N3O5. The number of esters is 1. The third kappa shape index (κ3) is 4.63. The molecule has 0 spiro atoms. The molecule has 0 aliphatic carbocycles. The highest BCUT2D eigenvalue weighted by atomic mass is 16.5. The zero-order chi connectivity index (χ0) is 22.5. The third-order valence-corrected chi connectivity index (χ3v) is 4.91. The predicted molar refractivity (Wildman–Crippen MR) is 116 cm³/mol. The second-order valence-corrected chi connectivity index (χ2v) is 7.07. The van der Waals surface area contributed by atoms with Crippen LogP contribution in [0.1, 0.15) is 22.3 Å². The second-order valence-electron chi connectivity index (χ2n) is 7.07. The van der Waals surface area contributed by atoms with Crippen LogP contribution < -0.4 is 10.2 Å². The molecule has 1 heterocycles. The summed E-state index contributed by atoms with van der Waals surface area (Å²) in [6, 6.07) is 11.7. The van der Waals surface area contributed by atoms with Gasteiger partial charge in [0.1, 0.15) is 6.04 Å². The Morgan fingerprint density at radius 2 is 1.74 bits per heavy atom. The van der Waals surface area contributed by atoms with Crippen molar-refractivity contribution in [1.82, 2.24) is 4.90 Å². The molecule has 1 N–H and O–H groups in total. The fourth-order valence-corrected chi connectivity index (χ4v) is 3.31. The lowest BCUT2D eigenvalue weighted by atomic mass is 10.1. The second kappa shape index (κ2) is 9.25. The van der Waals surface area contributed by atoms with E-state index in [4.69, 9.17) is 0 Å². The van der Waals surface area contributed by atoms with E-state index in [0.29, 0.717) is 16.9 Å². The van der Waals surface area contributed by atoms with Crippen LogP contribution in [0, 0.1) is 6.92 Å². The molecule has 2 aromatic carbocycles. The van der Waals surface area contributed by atoms with Crippen LogP contribution in [-0.2, 0) is 14.3 Å². The van der Waals surface area contributed by atoms with Gasteiger partial charge in [0, 0.05) is 12.2 Å². The number of hydrogen-bond acceptors (Lipinski definition) is 5. The van der Waals surface area contributed by atoms with Crippen LogP contribution in [0.5, 0.6) is 0 Å². The molecule has 0 aromatic heterocycles. The molecule has 1 saturated heterocycles. The van der Waals surface area contributed by atoms with Gasteiger partial charge in [0.15, 0.2) is 0 Å². The van der Waals surface area contributed by atoms with Crippen molar-refractivity contribution in [2.24, 2.45) is 0 Å². The Morgan fingerprint density at radius 1 is 1.10 bits per heavy atom. The first kappa shape index (κ1) is 21.8. The summed E-state index contributed by atoms with van der Waals surface area (Å²) in [7, 11) is 1.28. The number of nitrogens with zero attached hydrogens (tertiary/aromatic N) is 2. The van der Waals surface area contributed by atoms with Crippen LogP contribution in [-0.4, -0.2) is 48.4 Å². The summed E-state index contributed by atoms with van der Waals surface area (Å²) < 4.78 is 4.64. The number of amides is 4. The number of carbonyl (C=O) groups excluding carboxylic acids is 4. The summed E-state index contributed by atoms with van der Waals surface area (Å²) in [4.78, 5) is 52.4. The maximum atomic E-state index is 13.0. The van der Waals surface area contributed by atoms with E-state index in [1.165, 1.54) is 30.2 Å². The molecule has 8 heteroatoms. The summed E-state index contributed by atoms with van der Waals surface area (Å²) in [5.41, 5.74) is 2.26. The molecule has 0 radical (unpaired) electrons. The molecule has 31 heavy (non-hydrogen) atoms. The Morgan fingerprint density at radius 3 is 2.32 bits per heavy atom. The highest BCUT2D eigenvalue weighted by Gasteiger charge is 2.46. The van der Waals surface area contributed by atoms with Gasteiger partial charge in [-0.3, -0.25) is 9.59 Å². The Kier molecular flexibility index (Phi) is 6.49. The first-order valence-electron chi connectivity index (χ1n) is 9.66. The van der Waals surface area contributed by atoms with Gasteiger partial charge in [-0.05, 0) is 43.3 Å². The molecular weight excluding hydrogens is 398 g/mol. The van der Waals surface area contributed by atoms with E-state index in [9.17, 15) is 19.2 Å². The van der Waals surface area contributed by atoms with Crippen LogP contribution in [0.4, 0.5) is 16.2 Å². The monoisotopic (exact) mass is 421 g/mol. The zero-order valence-corrected chi connectivity index (χ0v) is 17.3. The normalized spacial score (nSPS) is 15.7. The van der Waals surface area contributed by atoms with E-state index >= 15 is 0 Å². The van der Waals surface area contributed by atoms with Gasteiger partial charge < -0.3 is 15.0 Å². The number of anilines is 2. The van der Waals surface area contributed by atoms with Gasteiger partial charge in [0.25, 0.3) is 5.91 Å². The highest BCUT2D eigenvalue weighted by molar-refractivity contribution is 6.22. The van der Waals surface area contributed by atoms with Crippen LogP contribution in [0.25, 0.3) is 0 Å². The number of urea groups is 1. The Labute approximate surface area is 180 Å². The molecule has 1 atom stereocenters. The average Bonchev–Trinajstić information content (AvgIpc) is 2.98. The van der Waals surface area contributed by atoms with Crippen molar-refractivity contribution >= 4 is 35.2 Å². The molecule has 0 saturated carbocycles. The van der Waals surface area contributed by atoms with Gasteiger partial charge in [-0.15, -0.1) is 6.58 Å². The standard InChI is InChI=1S/C23H23N3O5/c1-4-13-25-19(21(28)26(23(25)30)18-11-5-15(2)6-12-18)14-20(27)24-17-9-7-16(8-10-17)22(29)31-3/h4-12,19H,1,13-14H2,2-3H3,(H,24,27)/t19-/m0/s1. The number of methoxy groups -OCH3 is 1. The minimum Gasteiger partial charge on any atom is -0.465 e. The van der Waals surface area contributed by atoms with Gasteiger partial charge in [-0.1, -0.05) is 23.8 Å². The van der Waals surface area contributed by atoms with Crippen LogP contribution >= 0.6 is 0 Å². The fourth-order valence-electron chi connectivity index (χ4n) is 3.31. The minimum absolute atomic E-state index is 0.138. The van der Waals surface area contributed by atoms with Crippen molar-refractivity contribution in [3.63, 3.8) is 0 Å². The molecule has 8 nitrogen and oxygen atoms in total. The van der Waals surface area contributed by atoms with Crippen molar-refractivity contribution in [2.75, 3.05) is 23.9 Å². The Balaban J connectivity index is 1.75. The van der Waals surface area contributed by atoms with Gasteiger partial charge in [-0.2, -0.15) is 0 Å². The number of carbonyl (C=O) groups is 4. The van der Waals surface area contributed by atoms with Gasteiger partial charge >= 0.3 is 12.0 Å². The summed E-state index contributed by atoms with van der Waals surface area (Å²) in [6.07, 6.45) is 1.31. The van der Waals surface area contributed by atoms with E-state index in [-0.39, 0.29) is 13.0 Å². The maximum Gasteiger partial charge on any atom is 0.337 e. The lowest BCUT2D eigenvalue weighted by molar-refractivity contribution is -0.124. The minimum atomic E-state index is -0.943. The van der Waals surface area contributed by atoms with E-state index in [2.05, 4.69) is 16.6 Å². The van der Waals surface area contributed by atoms with Crippen LogP contribution in [0.3, 0.4) is 0 Å². The Hall–Kier alpha value is -3.94. The number of nitrogens with one attached hydrogen (secondary N) is 1. The molecule has 1 aliphatic heterocycles. The molecule has 2 aromatic rings. The molecule has 160 valence electrons. The summed E-state index contributed by atoms with van der Waals surface area (Å²) in [5.74, 6) is -1.38. The number of benzene rings is 2. The van der Waals surface area contributed by atoms with Crippen molar-refractivity contribution in [3.8, 4) is 0 Å². The van der Waals surface area contributed by atoms with Crippen molar-refractivity contribution in [1.29, 1.82) is 0 Å². The van der Waals surface area contributed by atoms with Crippen molar-refractivity contribution in [3.05, 3.63) is 72.3 Å². The topological polar surface area (TPSA) is 96.0 Å². The largest absolute Gasteiger partial charge is 0.465 e. The molecule has 1 aliphatic rings. The number of aryl methyl sites for hydroxylation is 1. The lowest BCUT2D eigenvalue weighted by Crippen LogP contribution is -2.38. The number of imide groups is 1. The van der Waals surface area contributed by atoms with Crippen LogP contribution in [0.15, 0.2) is 61.2 Å². The van der Waals surface area contributed by atoms with Gasteiger partial charge in [-0.25, -0.2) is 14.5 Å². The summed E-state index contributed by atoms with van der Waals surface area (Å²) >= 11 is 0. The summed E-state index contributed by atoms with van der Waals surface area (Å²) in [6.45, 7) is 5.69. The molecule has 3 rings (SSSR count). The van der Waals surface area contributed by atoms with E-state index < -0.39 is 29.9 Å². The molecule has 1 fully saturated rings. The highest BCUT2D eigenvalue weighted by Crippen LogP contribution is 2.27. The fraction of sp³-hybridized carbons (Fsp3) is 0.217.